The quantitative estimate of drug-likeness (QED) is 0.667. The van der Waals surface area contributed by atoms with Crippen LogP contribution in [0.25, 0.3) is 0 Å². The van der Waals surface area contributed by atoms with Crippen LogP contribution in [0.3, 0.4) is 0 Å². The molecule has 0 aromatic heterocycles. The van der Waals surface area contributed by atoms with Gasteiger partial charge in [0.1, 0.15) is 0 Å². The Morgan fingerprint density at radius 1 is 1.20 bits per heavy atom. The van der Waals surface area contributed by atoms with E-state index in [4.69, 9.17) is 9.47 Å². The molecular formula is C12H23NO2. The summed E-state index contributed by atoms with van der Waals surface area (Å²) in [5.74, 6) is -0.232. The standard InChI is InChI=1S/C12H23NO2/c1-2-3-4-7-13-8-5-6-12(11-13)14-9-10-15-12/h2-11H2,1H3. The lowest BCUT2D eigenvalue weighted by Gasteiger charge is -2.38. The lowest BCUT2D eigenvalue weighted by Crippen LogP contribution is -2.49. The Hall–Kier alpha value is -0.120. The fourth-order valence-electron chi connectivity index (χ4n) is 2.58. The van der Waals surface area contributed by atoms with Crippen molar-refractivity contribution in [2.24, 2.45) is 0 Å². The van der Waals surface area contributed by atoms with Crippen molar-refractivity contribution in [3.05, 3.63) is 0 Å². The Morgan fingerprint density at radius 2 is 2.00 bits per heavy atom. The maximum absolute atomic E-state index is 5.75. The number of piperidine rings is 1. The van der Waals surface area contributed by atoms with Gasteiger partial charge in [-0.3, -0.25) is 4.90 Å². The Balaban J connectivity index is 1.76. The third-order valence-corrected chi connectivity index (χ3v) is 3.39. The molecule has 0 atom stereocenters. The van der Waals surface area contributed by atoms with E-state index in [1.54, 1.807) is 0 Å². The van der Waals surface area contributed by atoms with Crippen LogP contribution in [0, 0.1) is 0 Å². The molecule has 0 amide bonds. The highest BCUT2D eigenvalue weighted by Gasteiger charge is 2.40. The third kappa shape index (κ3) is 2.92. The molecule has 2 aliphatic rings. The summed E-state index contributed by atoms with van der Waals surface area (Å²) in [5.41, 5.74) is 0. The molecule has 3 heteroatoms. The molecule has 0 aromatic carbocycles. The van der Waals surface area contributed by atoms with E-state index >= 15 is 0 Å². The van der Waals surface area contributed by atoms with Crippen molar-refractivity contribution >= 4 is 0 Å². The zero-order chi connectivity index (χ0) is 10.6. The Morgan fingerprint density at radius 3 is 2.73 bits per heavy atom. The fourth-order valence-corrected chi connectivity index (χ4v) is 2.58. The zero-order valence-electron chi connectivity index (χ0n) is 9.83. The normalized spacial score (nSPS) is 26.2. The monoisotopic (exact) mass is 213 g/mol. The summed E-state index contributed by atoms with van der Waals surface area (Å²) in [6, 6.07) is 0. The van der Waals surface area contributed by atoms with E-state index in [9.17, 15) is 0 Å². The van der Waals surface area contributed by atoms with Gasteiger partial charge < -0.3 is 9.47 Å². The lowest BCUT2D eigenvalue weighted by atomic mass is 10.0. The molecule has 2 saturated heterocycles. The summed E-state index contributed by atoms with van der Waals surface area (Å²) >= 11 is 0. The van der Waals surface area contributed by atoms with Crippen LogP contribution in [-0.4, -0.2) is 43.5 Å². The summed E-state index contributed by atoms with van der Waals surface area (Å²) in [6.07, 6.45) is 6.24. The van der Waals surface area contributed by atoms with Gasteiger partial charge in [0.25, 0.3) is 0 Å². The first kappa shape index (κ1) is 11.4. The number of hydrogen-bond donors (Lipinski definition) is 0. The minimum atomic E-state index is -0.232. The van der Waals surface area contributed by atoms with Crippen molar-refractivity contribution in [3.8, 4) is 0 Å². The summed E-state index contributed by atoms with van der Waals surface area (Å²) < 4.78 is 11.5. The molecule has 3 nitrogen and oxygen atoms in total. The Kier molecular flexibility index (Phi) is 4.00. The molecule has 15 heavy (non-hydrogen) atoms. The van der Waals surface area contributed by atoms with Crippen LogP contribution in [0.2, 0.25) is 0 Å². The van der Waals surface area contributed by atoms with E-state index in [0.29, 0.717) is 0 Å². The molecular weight excluding hydrogens is 190 g/mol. The maximum Gasteiger partial charge on any atom is 0.181 e. The predicted octanol–water partition coefficient (Wildman–Crippen LogP) is 2.02. The van der Waals surface area contributed by atoms with Gasteiger partial charge in [-0.25, -0.2) is 0 Å². The average Bonchev–Trinajstić information content (AvgIpc) is 2.67. The van der Waals surface area contributed by atoms with Crippen molar-refractivity contribution in [1.29, 1.82) is 0 Å². The van der Waals surface area contributed by atoms with Crippen molar-refractivity contribution in [2.45, 2.75) is 44.8 Å². The van der Waals surface area contributed by atoms with Crippen molar-refractivity contribution in [3.63, 3.8) is 0 Å². The van der Waals surface area contributed by atoms with E-state index in [1.165, 1.54) is 38.8 Å². The van der Waals surface area contributed by atoms with Gasteiger partial charge in [0.05, 0.1) is 19.8 Å². The van der Waals surface area contributed by atoms with Gasteiger partial charge in [-0.05, 0) is 25.9 Å². The van der Waals surface area contributed by atoms with E-state index in [1.807, 2.05) is 0 Å². The van der Waals surface area contributed by atoms with Crippen LogP contribution in [0.15, 0.2) is 0 Å². The summed E-state index contributed by atoms with van der Waals surface area (Å²) in [6.45, 7) is 7.23. The first-order valence-electron chi connectivity index (χ1n) is 6.35. The molecule has 2 heterocycles. The van der Waals surface area contributed by atoms with Crippen LogP contribution >= 0.6 is 0 Å². The first-order valence-corrected chi connectivity index (χ1v) is 6.35. The van der Waals surface area contributed by atoms with Gasteiger partial charge in [-0.2, -0.15) is 0 Å². The number of nitrogens with zero attached hydrogens (tertiary/aromatic N) is 1. The highest BCUT2D eigenvalue weighted by atomic mass is 16.7. The molecule has 2 aliphatic heterocycles. The van der Waals surface area contributed by atoms with Gasteiger partial charge in [0.15, 0.2) is 5.79 Å². The number of hydrogen-bond acceptors (Lipinski definition) is 3. The molecule has 0 aliphatic carbocycles. The van der Waals surface area contributed by atoms with Crippen molar-refractivity contribution in [2.75, 3.05) is 32.8 Å². The van der Waals surface area contributed by atoms with E-state index < -0.39 is 0 Å². The van der Waals surface area contributed by atoms with Gasteiger partial charge in [0, 0.05) is 6.42 Å². The Bertz CT molecular complexity index is 190. The van der Waals surface area contributed by atoms with Gasteiger partial charge in [-0.15, -0.1) is 0 Å². The second kappa shape index (κ2) is 5.28. The smallest absolute Gasteiger partial charge is 0.181 e. The highest BCUT2D eigenvalue weighted by molar-refractivity contribution is 4.83. The van der Waals surface area contributed by atoms with E-state index in [-0.39, 0.29) is 5.79 Å². The molecule has 0 bridgehead atoms. The topological polar surface area (TPSA) is 21.7 Å². The molecule has 0 unspecified atom stereocenters. The first-order chi connectivity index (χ1) is 7.35. The van der Waals surface area contributed by atoms with Crippen molar-refractivity contribution in [1.82, 2.24) is 4.90 Å². The SMILES string of the molecule is CCCCCN1CCCC2(C1)OCCO2. The second-order valence-corrected chi connectivity index (χ2v) is 4.69. The number of ether oxygens (including phenoxy) is 2. The second-order valence-electron chi connectivity index (χ2n) is 4.69. The number of rotatable bonds is 4. The number of likely N-dealkylation sites (tertiary alicyclic amines) is 1. The van der Waals surface area contributed by atoms with Crippen LogP contribution in [0.1, 0.15) is 39.0 Å². The molecule has 0 radical (unpaired) electrons. The van der Waals surface area contributed by atoms with Crippen LogP contribution in [0.5, 0.6) is 0 Å². The Labute approximate surface area is 92.7 Å². The summed E-state index contributed by atoms with van der Waals surface area (Å²) in [5, 5.41) is 0. The van der Waals surface area contributed by atoms with Crippen LogP contribution in [-0.2, 0) is 9.47 Å². The minimum absolute atomic E-state index is 0.232. The van der Waals surface area contributed by atoms with E-state index in [0.717, 1.165) is 26.2 Å². The molecule has 1 spiro atoms. The summed E-state index contributed by atoms with van der Waals surface area (Å²) in [7, 11) is 0. The predicted molar refractivity (Wildman–Crippen MR) is 59.8 cm³/mol. The third-order valence-electron chi connectivity index (χ3n) is 3.39. The molecule has 2 fully saturated rings. The molecule has 88 valence electrons. The van der Waals surface area contributed by atoms with Crippen molar-refractivity contribution < 1.29 is 9.47 Å². The molecule has 0 N–H and O–H groups in total. The summed E-state index contributed by atoms with van der Waals surface area (Å²) in [4.78, 5) is 2.50. The zero-order valence-corrected chi connectivity index (χ0v) is 9.83. The fraction of sp³-hybridized carbons (Fsp3) is 1.00. The van der Waals surface area contributed by atoms with Gasteiger partial charge in [0.2, 0.25) is 0 Å². The lowest BCUT2D eigenvalue weighted by molar-refractivity contribution is -0.189. The number of unbranched alkanes of at least 4 members (excludes halogenated alkanes) is 2. The maximum atomic E-state index is 5.75. The van der Waals surface area contributed by atoms with Gasteiger partial charge >= 0.3 is 0 Å². The highest BCUT2D eigenvalue weighted by Crippen LogP contribution is 2.30. The average molecular weight is 213 g/mol. The van der Waals surface area contributed by atoms with Crippen LogP contribution in [0.4, 0.5) is 0 Å². The minimum Gasteiger partial charge on any atom is -0.346 e. The van der Waals surface area contributed by atoms with Gasteiger partial charge in [-0.1, -0.05) is 19.8 Å². The molecule has 2 rings (SSSR count). The molecule has 0 saturated carbocycles. The van der Waals surface area contributed by atoms with Crippen LogP contribution < -0.4 is 0 Å². The molecule has 0 aromatic rings. The van der Waals surface area contributed by atoms with E-state index in [2.05, 4.69) is 11.8 Å². The largest absolute Gasteiger partial charge is 0.346 e.